The predicted molar refractivity (Wildman–Crippen MR) is 122 cm³/mol. The predicted octanol–water partition coefficient (Wildman–Crippen LogP) is 3.55. The van der Waals surface area contributed by atoms with Crippen molar-refractivity contribution in [3.05, 3.63) is 53.2 Å². The summed E-state index contributed by atoms with van der Waals surface area (Å²) in [6, 6.07) is 10.4. The second kappa shape index (κ2) is 9.24. The van der Waals surface area contributed by atoms with Crippen LogP contribution < -0.4 is 10.1 Å². The standard InChI is InChI=1S/C25H27F2N3O5/c1-13(2)15-6-4-5-7-18(15)25(11-30(12-25)21(31)16-10-17(16)22(32)33)23(34)29-19-9-8-14(3)28-20(19)35-24(26)27/h4-9,13,16-17,24H,10-12H2,1-3H3,(H,29,34)(H,32,33)/t16?,17-/m1/s1. The quantitative estimate of drug-likeness (QED) is 0.590. The zero-order valence-corrected chi connectivity index (χ0v) is 19.6. The molecule has 2 fully saturated rings. The number of ether oxygens (including phenoxy) is 1. The summed E-state index contributed by atoms with van der Waals surface area (Å²) in [5.74, 6) is -3.36. The molecule has 1 saturated heterocycles. The molecule has 2 N–H and O–H groups in total. The van der Waals surface area contributed by atoms with Gasteiger partial charge in [0.25, 0.3) is 0 Å². The number of aliphatic carboxylic acids is 1. The molecular weight excluding hydrogens is 460 g/mol. The first-order chi connectivity index (χ1) is 16.5. The van der Waals surface area contributed by atoms with Crippen LogP contribution >= 0.6 is 0 Å². The Balaban J connectivity index is 1.65. The van der Waals surface area contributed by atoms with E-state index in [0.717, 1.165) is 11.1 Å². The number of rotatable bonds is 8. The number of benzene rings is 1. The van der Waals surface area contributed by atoms with Crippen molar-refractivity contribution < 1.29 is 33.0 Å². The molecule has 8 nitrogen and oxygen atoms in total. The lowest BCUT2D eigenvalue weighted by Gasteiger charge is -2.50. The van der Waals surface area contributed by atoms with Gasteiger partial charge in [-0.1, -0.05) is 38.1 Å². The van der Waals surface area contributed by atoms with Crippen LogP contribution in [0.5, 0.6) is 5.88 Å². The van der Waals surface area contributed by atoms with Crippen molar-refractivity contribution >= 4 is 23.5 Å². The summed E-state index contributed by atoms with van der Waals surface area (Å²) in [6.07, 6.45) is 0.288. The number of aryl methyl sites for hydroxylation is 1. The van der Waals surface area contributed by atoms with Gasteiger partial charge in [-0.15, -0.1) is 0 Å². The van der Waals surface area contributed by atoms with Crippen LogP contribution in [0.3, 0.4) is 0 Å². The fourth-order valence-electron chi connectivity index (χ4n) is 4.65. The lowest BCUT2D eigenvalue weighted by atomic mass is 9.69. The highest BCUT2D eigenvalue weighted by Gasteiger charge is 2.58. The van der Waals surface area contributed by atoms with Gasteiger partial charge >= 0.3 is 12.6 Å². The van der Waals surface area contributed by atoms with E-state index in [9.17, 15) is 28.3 Å². The van der Waals surface area contributed by atoms with E-state index >= 15 is 0 Å². The molecule has 1 aliphatic carbocycles. The Labute approximate surface area is 201 Å². The molecule has 2 heterocycles. The van der Waals surface area contributed by atoms with Crippen molar-refractivity contribution in [1.29, 1.82) is 0 Å². The maximum absolute atomic E-state index is 13.7. The summed E-state index contributed by atoms with van der Waals surface area (Å²) in [6.45, 7) is 2.58. The normalized spacial score (nSPS) is 20.4. The number of amides is 2. The highest BCUT2D eigenvalue weighted by atomic mass is 19.3. The van der Waals surface area contributed by atoms with Gasteiger partial charge in [0, 0.05) is 18.8 Å². The summed E-state index contributed by atoms with van der Waals surface area (Å²) in [5, 5.41) is 11.9. The number of likely N-dealkylation sites (tertiary alicyclic amines) is 1. The molecule has 1 aromatic heterocycles. The minimum atomic E-state index is -3.12. The number of carbonyl (C=O) groups excluding carboxylic acids is 2. The van der Waals surface area contributed by atoms with E-state index in [2.05, 4.69) is 15.0 Å². The number of carbonyl (C=O) groups is 3. The van der Waals surface area contributed by atoms with Crippen LogP contribution in [-0.2, 0) is 19.8 Å². The number of alkyl halides is 2. The van der Waals surface area contributed by atoms with Crippen molar-refractivity contribution in [2.24, 2.45) is 11.8 Å². The third kappa shape index (κ3) is 4.69. The third-order valence-corrected chi connectivity index (χ3v) is 6.64. The average molecular weight is 488 g/mol. The molecule has 186 valence electrons. The molecule has 2 amide bonds. The minimum absolute atomic E-state index is 0.000198. The fraction of sp³-hybridized carbons (Fsp3) is 0.440. The van der Waals surface area contributed by atoms with Gasteiger partial charge in [0.15, 0.2) is 0 Å². The maximum Gasteiger partial charge on any atom is 0.388 e. The SMILES string of the molecule is Cc1ccc(NC(=O)C2(c3ccccc3C(C)C)CN(C(=O)C3C[C@H]3C(=O)O)C2)c(OC(F)F)n1. The van der Waals surface area contributed by atoms with Crippen molar-refractivity contribution in [1.82, 2.24) is 9.88 Å². The fourth-order valence-corrected chi connectivity index (χ4v) is 4.65. The van der Waals surface area contributed by atoms with Crippen molar-refractivity contribution in [3.8, 4) is 5.88 Å². The van der Waals surface area contributed by atoms with Crippen molar-refractivity contribution in [3.63, 3.8) is 0 Å². The number of nitrogens with one attached hydrogen (secondary N) is 1. The monoisotopic (exact) mass is 487 g/mol. The third-order valence-electron chi connectivity index (χ3n) is 6.64. The summed E-state index contributed by atoms with van der Waals surface area (Å²) < 4.78 is 30.4. The second-order valence-corrected chi connectivity index (χ2v) is 9.44. The van der Waals surface area contributed by atoms with Gasteiger partial charge in [-0.05, 0) is 42.5 Å². The molecule has 2 aliphatic rings. The highest BCUT2D eigenvalue weighted by molar-refractivity contribution is 6.03. The van der Waals surface area contributed by atoms with Gasteiger partial charge in [0.05, 0.1) is 11.8 Å². The van der Waals surface area contributed by atoms with Crippen molar-refractivity contribution in [2.45, 2.75) is 45.1 Å². The summed E-state index contributed by atoms with van der Waals surface area (Å²) in [5.41, 5.74) is 0.961. The zero-order chi connectivity index (χ0) is 25.5. The zero-order valence-electron chi connectivity index (χ0n) is 19.6. The first-order valence-electron chi connectivity index (χ1n) is 11.4. The number of carboxylic acid groups (broad SMARTS) is 1. The first kappa shape index (κ1) is 24.6. The van der Waals surface area contributed by atoms with Gasteiger partial charge in [-0.3, -0.25) is 14.4 Å². The van der Waals surface area contributed by atoms with Gasteiger partial charge in [-0.2, -0.15) is 8.78 Å². The molecule has 0 radical (unpaired) electrons. The number of halogens is 2. The molecule has 1 unspecified atom stereocenters. The molecule has 1 saturated carbocycles. The largest absolute Gasteiger partial charge is 0.481 e. The van der Waals surface area contributed by atoms with Crippen LogP contribution in [0.25, 0.3) is 0 Å². The van der Waals surface area contributed by atoms with Crippen LogP contribution in [0, 0.1) is 18.8 Å². The smallest absolute Gasteiger partial charge is 0.388 e. The van der Waals surface area contributed by atoms with Gasteiger partial charge in [0.2, 0.25) is 17.7 Å². The summed E-state index contributed by atoms with van der Waals surface area (Å²) in [4.78, 5) is 43.3. The topological polar surface area (TPSA) is 109 Å². The van der Waals surface area contributed by atoms with Crippen LogP contribution in [0.15, 0.2) is 36.4 Å². The lowest BCUT2D eigenvalue weighted by Crippen LogP contribution is -2.67. The molecule has 10 heteroatoms. The van der Waals surface area contributed by atoms with Crippen molar-refractivity contribution in [2.75, 3.05) is 18.4 Å². The summed E-state index contributed by atoms with van der Waals surface area (Å²) >= 11 is 0. The number of aromatic nitrogens is 1. The lowest BCUT2D eigenvalue weighted by molar-refractivity contribution is -0.148. The summed E-state index contributed by atoms with van der Waals surface area (Å²) in [7, 11) is 0. The van der Waals surface area contributed by atoms with E-state index in [0.29, 0.717) is 5.69 Å². The number of nitrogens with zero attached hydrogens (tertiary/aromatic N) is 2. The van der Waals surface area contributed by atoms with Gasteiger partial charge in [0.1, 0.15) is 11.1 Å². The first-order valence-corrected chi connectivity index (χ1v) is 11.4. The number of pyridine rings is 1. The molecule has 0 spiro atoms. The second-order valence-electron chi connectivity index (χ2n) is 9.44. The van der Waals surface area contributed by atoms with Crippen LogP contribution in [-0.4, -0.2) is 52.5 Å². The Bertz CT molecular complexity index is 1160. The molecule has 2 atom stereocenters. The molecule has 35 heavy (non-hydrogen) atoms. The van der Waals surface area contributed by atoms with E-state index in [-0.39, 0.29) is 37.0 Å². The number of anilines is 1. The Morgan fingerprint density at radius 1 is 1.14 bits per heavy atom. The molecular formula is C25H27F2N3O5. The van der Waals surface area contributed by atoms with E-state index in [4.69, 9.17) is 0 Å². The highest BCUT2D eigenvalue weighted by Crippen LogP contribution is 2.45. The Kier molecular flexibility index (Phi) is 6.48. The Morgan fingerprint density at radius 2 is 1.83 bits per heavy atom. The average Bonchev–Trinajstić information content (AvgIpc) is 3.56. The number of hydrogen-bond donors (Lipinski definition) is 2. The molecule has 0 bridgehead atoms. The van der Waals surface area contributed by atoms with Gasteiger partial charge < -0.3 is 20.1 Å². The van der Waals surface area contributed by atoms with Crippen LogP contribution in [0.4, 0.5) is 14.5 Å². The minimum Gasteiger partial charge on any atom is -0.481 e. The van der Waals surface area contributed by atoms with E-state index in [1.807, 2.05) is 32.0 Å². The van der Waals surface area contributed by atoms with E-state index < -0.39 is 41.6 Å². The van der Waals surface area contributed by atoms with Crippen LogP contribution in [0.2, 0.25) is 0 Å². The molecule has 4 rings (SSSR count). The van der Waals surface area contributed by atoms with E-state index in [1.54, 1.807) is 19.1 Å². The number of hydrogen-bond acceptors (Lipinski definition) is 5. The molecule has 1 aliphatic heterocycles. The Hall–Kier alpha value is -3.56. The number of carboxylic acids is 1. The van der Waals surface area contributed by atoms with Gasteiger partial charge in [-0.25, -0.2) is 4.98 Å². The van der Waals surface area contributed by atoms with E-state index in [1.165, 1.54) is 11.0 Å². The molecule has 2 aromatic rings. The molecule has 1 aromatic carbocycles. The maximum atomic E-state index is 13.7. The Morgan fingerprint density at radius 3 is 2.43 bits per heavy atom. The van der Waals surface area contributed by atoms with Crippen LogP contribution in [0.1, 0.15) is 43.0 Å².